The Kier molecular flexibility index (Phi) is 12.4. The molecule has 0 unspecified atom stereocenters. The third-order valence-corrected chi connectivity index (χ3v) is 5.41. The molecule has 1 fully saturated rings. The molecule has 0 heterocycles. The number of amides is 1. The van der Waals surface area contributed by atoms with Crippen LogP contribution in [-0.4, -0.2) is 23.9 Å². The van der Waals surface area contributed by atoms with Gasteiger partial charge in [-0.05, 0) is 25.2 Å². The number of hydrogen-bond acceptors (Lipinski definition) is 1. The lowest BCUT2D eigenvalue weighted by Gasteiger charge is -2.25. The van der Waals surface area contributed by atoms with Crippen LogP contribution >= 0.6 is 0 Å². The van der Waals surface area contributed by atoms with E-state index in [-0.39, 0.29) is 0 Å². The van der Waals surface area contributed by atoms with Crippen LogP contribution in [0.25, 0.3) is 0 Å². The molecule has 0 saturated heterocycles. The van der Waals surface area contributed by atoms with E-state index >= 15 is 0 Å². The lowest BCUT2D eigenvalue weighted by atomic mass is 9.86. The molecular weight excluding hydrogens is 282 g/mol. The molecule has 136 valence electrons. The van der Waals surface area contributed by atoms with Crippen molar-refractivity contribution in [1.82, 2.24) is 4.90 Å². The molecule has 1 aliphatic carbocycles. The minimum atomic E-state index is 0.434. The summed E-state index contributed by atoms with van der Waals surface area (Å²) in [6.07, 6.45) is 18.9. The van der Waals surface area contributed by atoms with Gasteiger partial charge in [-0.15, -0.1) is 0 Å². The SMILES string of the molecule is CCCCCCN(CCCCCC)C(=O)CCC1CCCCC1. The normalized spacial score (nSPS) is 15.7. The van der Waals surface area contributed by atoms with Gasteiger partial charge in [0.05, 0.1) is 0 Å². The van der Waals surface area contributed by atoms with Crippen LogP contribution in [0.3, 0.4) is 0 Å². The summed E-state index contributed by atoms with van der Waals surface area (Å²) in [7, 11) is 0. The van der Waals surface area contributed by atoms with E-state index in [0.717, 1.165) is 31.8 Å². The lowest BCUT2D eigenvalue weighted by Crippen LogP contribution is -2.33. The Bertz CT molecular complexity index is 272. The predicted molar refractivity (Wildman–Crippen MR) is 101 cm³/mol. The quantitative estimate of drug-likeness (QED) is 0.362. The van der Waals surface area contributed by atoms with Crippen LogP contribution in [0.5, 0.6) is 0 Å². The maximum absolute atomic E-state index is 12.6. The van der Waals surface area contributed by atoms with Crippen molar-refractivity contribution in [2.45, 2.75) is 110 Å². The molecule has 0 aromatic heterocycles. The van der Waals surface area contributed by atoms with Gasteiger partial charge in [-0.1, -0.05) is 84.5 Å². The fourth-order valence-electron chi connectivity index (χ4n) is 3.78. The highest BCUT2D eigenvalue weighted by molar-refractivity contribution is 5.76. The van der Waals surface area contributed by atoms with Crippen molar-refractivity contribution in [3.63, 3.8) is 0 Å². The molecule has 0 radical (unpaired) electrons. The minimum Gasteiger partial charge on any atom is -0.343 e. The summed E-state index contributed by atoms with van der Waals surface area (Å²) in [6.45, 7) is 6.49. The van der Waals surface area contributed by atoms with Gasteiger partial charge in [0.25, 0.3) is 0 Å². The van der Waals surface area contributed by atoms with Gasteiger partial charge in [0.1, 0.15) is 0 Å². The fraction of sp³-hybridized carbons (Fsp3) is 0.952. The summed E-state index contributed by atoms with van der Waals surface area (Å²) in [5.41, 5.74) is 0. The van der Waals surface area contributed by atoms with Crippen molar-refractivity contribution in [3.8, 4) is 0 Å². The minimum absolute atomic E-state index is 0.434. The molecular formula is C21H41NO. The van der Waals surface area contributed by atoms with Crippen LogP contribution in [0.2, 0.25) is 0 Å². The molecule has 0 spiro atoms. The Morgan fingerprint density at radius 2 is 1.39 bits per heavy atom. The molecule has 1 amide bonds. The molecule has 0 atom stereocenters. The molecule has 0 N–H and O–H groups in total. The standard InChI is InChI=1S/C21H41NO/c1-3-5-7-12-18-22(19-13-8-6-4-2)21(23)17-16-20-14-10-9-11-15-20/h20H,3-19H2,1-2H3. The van der Waals surface area contributed by atoms with E-state index in [1.165, 1.54) is 83.5 Å². The first-order valence-electron chi connectivity index (χ1n) is 10.6. The summed E-state index contributed by atoms with van der Waals surface area (Å²) in [6, 6.07) is 0. The van der Waals surface area contributed by atoms with E-state index in [2.05, 4.69) is 18.7 Å². The van der Waals surface area contributed by atoms with Gasteiger partial charge in [0.15, 0.2) is 0 Å². The maximum Gasteiger partial charge on any atom is 0.222 e. The summed E-state index contributed by atoms with van der Waals surface area (Å²) in [5, 5.41) is 0. The number of unbranched alkanes of at least 4 members (excludes halogenated alkanes) is 6. The van der Waals surface area contributed by atoms with Crippen LogP contribution in [0.4, 0.5) is 0 Å². The van der Waals surface area contributed by atoms with Crippen LogP contribution in [-0.2, 0) is 4.79 Å². The Labute approximate surface area is 145 Å². The van der Waals surface area contributed by atoms with Gasteiger partial charge < -0.3 is 4.90 Å². The maximum atomic E-state index is 12.6. The molecule has 2 nitrogen and oxygen atoms in total. The Morgan fingerprint density at radius 3 is 1.91 bits per heavy atom. The van der Waals surface area contributed by atoms with Crippen molar-refractivity contribution in [1.29, 1.82) is 0 Å². The summed E-state index contributed by atoms with van der Waals surface area (Å²) >= 11 is 0. The molecule has 2 heteroatoms. The van der Waals surface area contributed by atoms with Gasteiger partial charge in [-0.2, -0.15) is 0 Å². The molecule has 0 bridgehead atoms. The summed E-state index contributed by atoms with van der Waals surface area (Å²) in [5.74, 6) is 1.26. The van der Waals surface area contributed by atoms with Crippen LogP contribution < -0.4 is 0 Å². The van der Waals surface area contributed by atoms with Gasteiger partial charge in [0.2, 0.25) is 5.91 Å². The zero-order valence-corrected chi connectivity index (χ0v) is 16.0. The number of hydrogen-bond donors (Lipinski definition) is 0. The number of carbonyl (C=O) groups excluding carboxylic acids is 1. The average molecular weight is 324 g/mol. The van der Waals surface area contributed by atoms with E-state index in [4.69, 9.17) is 0 Å². The van der Waals surface area contributed by atoms with Crippen molar-refractivity contribution in [2.75, 3.05) is 13.1 Å². The summed E-state index contributed by atoms with van der Waals surface area (Å²) in [4.78, 5) is 14.8. The molecule has 23 heavy (non-hydrogen) atoms. The highest BCUT2D eigenvalue weighted by Crippen LogP contribution is 2.27. The third-order valence-electron chi connectivity index (χ3n) is 5.41. The van der Waals surface area contributed by atoms with Crippen molar-refractivity contribution in [3.05, 3.63) is 0 Å². The largest absolute Gasteiger partial charge is 0.343 e. The smallest absolute Gasteiger partial charge is 0.222 e. The van der Waals surface area contributed by atoms with Gasteiger partial charge >= 0.3 is 0 Å². The van der Waals surface area contributed by atoms with E-state index in [1.54, 1.807) is 0 Å². The first kappa shape index (κ1) is 20.5. The number of carbonyl (C=O) groups is 1. The Balaban J connectivity index is 2.29. The second-order valence-electron chi connectivity index (χ2n) is 7.54. The monoisotopic (exact) mass is 323 g/mol. The molecule has 1 aliphatic rings. The molecule has 1 rings (SSSR count). The highest BCUT2D eigenvalue weighted by Gasteiger charge is 2.18. The van der Waals surface area contributed by atoms with E-state index in [1.807, 2.05) is 0 Å². The number of nitrogens with zero attached hydrogens (tertiary/aromatic N) is 1. The number of rotatable bonds is 13. The fourth-order valence-corrected chi connectivity index (χ4v) is 3.78. The van der Waals surface area contributed by atoms with Gasteiger partial charge in [-0.3, -0.25) is 4.79 Å². The second kappa shape index (κ2) is 13.9. The predicted octanol–water partition coefficient (Wildman–Crippen LogP) is 6.34. The highest BCUT2D eigenvalue weighted by atomic mass is 16.2. The van der Waals surface area contributed by atoms with Crippen LogP contribution in [0, 0.1) is 5.92 Å². The van der Waals surface area contributed by atoms with Gasteiger partial charge in [-0.25, -0.2) is 0 Å². The molecule has 0 aromatic carbocycles. The lowest BCUT2D eigenvalue weighted by molar-refractivity contribution is -0.131. The van der Waals surface area contributed by atoms with Gasteiger partial charge in [0, 0.05) is 19.5 Å². The van der Waals surface area contributed by atoms with E-state index in [0.29, 0.717) is 5.91 Å². The first-order chi connectivity index (χ1) is 11.3. The summed E-state index contributed by atoms with van der Waals surface area (Å²) < 4.78 is 0. The second-order valence-corrected chi connectivity index (χ2v) is 7.54. The van der Waals surface area contributed by atoms with Crippen molar-refractivity contribution < 1.29 is 4.79 Å². The first-order valence-corrected chi connectivity index (χ1v) is 10.6. The Morgan fingerprint density at radius 1 is 0.826 bits per heavy atom. The third kappa shape index (κ3) is 10.0. The molecule has 0 aliphatic heterocycles. The van der Waals surface area contributed by atoms with E-state index in [9.17, 15) is 4.79 Å². The average Bonchev–Trinajstić information content (AvgIpc) is 2.59. The van der Waals surface area contributed by atoms with Crippen LogP contribution in [0.1, 0.15) is 110 Å². The van der Waals surface area contributed by atoms with Crippen molar-refractivity contribution >= 4 is 5.91 Å². The van der Waals surface area contributed by atoms with E-state index < -0.39 is 0 Å². The zero-order valence-electron chi connectivity index (χ0n) is 16.0. The Hall–Kier alpha value is -0.530. The van der Waals surface area contributed by atoms with Crippen molar-refractivity contribution in [2.24, 2.45) is 5.92 Å². The zero-order chi connectivity index (χ0) is 16.8. The topological polar surface area (TPSA) is 20.3 Å². The van der Waals surface area contributed by atoms with Crippen LogP contribution in [0.15, 0.2) is 0 Å². The molecule has 0 aromatic rings. The molecule has 1 saturated carbocycles.